The van der Waals surface area contributed by atoms with Gasteiger partial charge < -0.3 is 62.7 Å². The van der Waals surface area contributed by atoms with Gasteiger partial charge >= 0.3 is 35.8 Å². The molecule has 16 atom stereocenters. The average molecular weight is 821 g/mol. The van der Waals surface area contributed by atoms with Crippen molar-refractivity contribution in [2.24, 2.45) is 34.0 Å². The smallest absolute Gasteiger partial charge is 0.366 e. The lowest BCUT2D eigenvalue weighted by atomic mass is 9.37. The molecule has 0 unspecified atom stereocenters. The molecule has 1 spiro atoms. The first-order valence-corrected chi connectivity index (χ1v) is 19.2. The minimum atomic E-state index is -2.97. The first-order chi connectivity index (χ1) is 27.2. The number of hydrogen-bond donors (Lipinski definition) is 3. The molecule has 4 saturated heterocycles. The van der Waals surface area contributed by atoms with Crippen molar-refractivity contribution in [2.75, 3.05) is 27.4 Å². The third-order valence-corrected chi connectivity index (χ3v) is 14.9. The van der Waals surface area contributed by atoms with Crippen LogP contribution < -0.4 is 0 Å². The van der Waals surface area contributed by atoms with Gasteiger partial charge in [0.05, 0.1) is 58.1 Å². The molecule has 19 nitrogen and oxygen atoms in total. The normalized spacial score (nSPS) is 48.6. The van der Waals surface area contributed by atoms with Crippen molar-refractivity contribution in [1.29, 1.82) is 0 Å². The number of fused-ring (bicyclic) bond motifs is 7. The van der Waals surface area contributed by atoms with Gasteiger partial charge in [-0.15, -0.1) is 0 Å². The summed E-state index contributed by atoms with van der Waals surface area (Å²) in [6.45, 7) is 6.43. The molecule has 0 aromatic carbocycles. The molecule has 3 N–H and O–H groups in total. The molecule has 0 amide bonds. The van der Waals surface area contributed by atoms with Gasteiger partial charge in [-0.3, -0.25) is 19.2 Å². The second-order valence-electron chi connectivity index (χ2n) is 17.1. The predicted octanol–water partition coefficient (Wildman–Crippen LogP) is 0.213. The lowest BCUT2D eigenvalue weighted by Gasteiger charge is -2.66. The highest BCUT2D eigenvalue weighted by Crippen LogP contribution is 2.83. The molecule has 5 aliphatic heterocycles. The van der Waals surface area contributed by atoms with E-state index < -0.39 is 155 Å². The summed E-state index contributed by atoms with van der Waals surface area (Å²) in [6, 6.07) is 0. The number of carboxylic acids is 1. The average Bonchev–Trinajstić information content (AvgIpc) is 3.55. The number of hydrogen-bond acceptors (Lipinski definition) is 18. The zero-order valence-electron chi connectivity index (χ0n) is 33.0. The summed E-state index contributed by atoms with van der Waals surface area (Å²) in [5.74, 6) is -13.0. The standard InChI is InChI=1S/C39H48O19/c1-8-17(2)28(44)55-20-14-21(54-18(3)40)36(30(45)49-6)15-52-25-26(36)35(20)16-53-38(48,31(46)50-7)29(35)33(4,27(25)57-24(43)10-9-23(41)42)39-22-13-19(34(39,5)58-39)37(47)11-12-51-32(37)56-22/h8,11-12,19-22,25-27,29,32,47-48H,9-10,13-16H2,1-7H3,(H,41,42)/b17-8+/t19-,20+,21-,22+,25-,26-,27-,29+,32+,33-,34+,35+,36+,37+,38+,39+/m1/s1. The lowest BCUT2D eigenvalue weighted by Crippen LogP contribution is -2.79. The molecule has 0 radical (unpaired) electrons. The SMILES string of the molecule is C/C=C(\C)C(=O)O[C@H]1C[C@@H](OC(C)=O)[C@@]2(C(=O)OC)CO[C@H]3[C@@H](OC(=O)CCC(=O)O)[C@@](C)([C@]45O[C@@]4(C)[C@H]4C[C@@H]5O[C@@H]5OC=C[C@@]54O)[C@H]4[C@]1(CO[C@]4(O)C(=O)OC)[C@@H]32. The number of methoxy groups -OCH3 is 2. The van der Waals surface area contributed by atoms with Gasteiger partial charge in [0.15, 0.2) is 5.60 Å². The van der Waals surface area contributed by atoms with Crippen LogP contribution in [0.2, 0.25) is 0 Å². The van der Waals surface area contributed by atoms with E-state index in [1.165, 1.54) is 25.3 Å². The molecule has 2 bridgehead atoms. The fourth-order valence-electron chi connectivity index (χ4n) is 12.7. The van der Waals surface area contributed by atoms with Gasteiger partial charge in [0, 0.05) is 42.1 Å². The summed E-state index contributed by atoms with van der Waals surface area (Å²) in [4.78, 5) is 81.0. The maximum atomic E-state index is 14.5. The molecule has 318 valence electrons. The molecular weight excluding hydrogens is 772 g/mol. The van der Waals surface area contributed by atoms with Crippen LogP contribution in [0.1, 0.15) is 60.3 Å². The Balaban J connectivity index is 1.43. The summed E-state index contributed by atoms with van der Waals surface area (Å²) in [5.41, 5.74) is -10.4. The van der Waals surface area contributed by atoms with Crippen LogP contribution in [0.15, 0.2) is 24.0 Å². The first kappa shape index (κ1) is 40.6. The highest BCUT2D eigenvalue weighted by atomic mass is 16.7. The Bertz CT molecular complexity index is 1910. The van der Waals surface area contributed by atoms with Gasteiger partial charge in [0.25, 0.3) is 5.79 Å². The maximum Gasteiger partial charge on any atom is 0.366 e. The van der Waals surface area contributed by atoms with Crippen molar-refractivity contribution in [3.05, 3.63) is 24.0 Å². The lowest BCUT2D eigenvalue weighted by molar-refractivity contribution is -0.316. The monoisotopic (exact) mass is 820 g/mol. The van der Waals surface area contributed by atoms with Gasteiger partial charge in [0.1, 0.15) is 41.0 Å². The third-order valence-electron chi connectivity index (χ3n) is 14.9. The molecule has 8 rings (SSSR count). The quantitative estimate of drug-likeness (QED) is 0.115. The number of ether oxygens (including phenoxy) is 10. The van der Waals surface area contributed by atoms with Crippen molar-refractivity contribution in [2.45, 2.75) is 120 Å². The fraction of sp³-hybridized carbons (Fsp3) is 0.744. The van der Waals surface area contributed by atoms with Crippen molar-refractivity contribution in [1.82, 2.24) is 0 Å². The molecule has 0 aromatic rings. The number of epoxide rings is 1. The van der Waals surface area contributed by atoms with Crippen molar-refractivity contribution in [3.63, 3.8) is 0 Å². The Morgan fingerprint density at radius 1 is 0.914 bits per heavy atom. The molecule has 5 heterocycles. The Morgan fingerprint density at radius 3 is 2.26 bits per heavy atom. The molecule has 19 heteroatoms. The van der Waals surface area contributed by atoms with Crippen LogP contribution in [0, 0.1) is 34.0 Å². The van der Waals surface area contributed by atoms with E-state index in [4.69, 9.17) is 47.4 Å². The number of carbonyl (C=O) groups excluding carboxylic acids is 5. The van der Waals surface area contributed by atoms with Gasteiger partial charge in [-0.1, -0.05) is 13.0 Å². The second kappa shape index (κ2) is 12.9. The molecule has 0 aromatic heterocycles. The molecule has 7 fully saturated rings. The van der Waals surface area contributed by atoms with Gasteiger partial charge in [-0.05, 0) is 33.3 Å². The van der Waals surface area contributed by atoms with Crippen LogP contribution in [-0.2, 0) is 76.1 Å². The van der Waals surface area contributed by atoms with Gasteiger partial charge in [0.2, 0.25) is 6.29 Å². The van der Waals surface area contributed by atoms with E-state index in [2.05, 4.69) is 0 Å². The van der Waals surface area contributed by atoms with Crippen LogP contribution in [-0.4, -0.2) is 138 Å². The van der Waals surface area contributed by atoms with E-state index in [1.54, 1.807) is 20.8 Å². The minimum absolute atomic E-state index is 0.151. The zero-order chi connectivity index (χ0) is 42.2. The Kier molecular flexibility index (Phi) is 9.06. The molecular formula is C39H48O19. The highest BCUT2D eigenvalue weighted by Gasteiger charge is 2.97. The van der Waals surface area contributed by atoms with E-state index >= 15 is 0 Å². The zero-order valence-corrected chi connectivity index (χ0v) is 33.0. The van der Waals surface area contributed by atoms with Gasteiger partial charge in [-0.25, -0.2) is 9.59 Å². The number of aliphatic hydroxyl groups is 2. The van der Waals surface area contributed by atoms with Crippen LogP contribution in [0.25, 0.3) is 0 Å². The van der Waals surface area contributed by atoms with E-state index in [1.807, 2.05) is 0 Å². The highest BCUT2D eigenvalue weighted by molar-refractivity contribution is 5.88. The number of allylic oxidation sites excluding steroid dienone is 1. The number of esters is 5. The number of aliphatic carboxylic acids is 1. The topological polar surface area (TPSA) is 259 Å². The van der Waals surface area contributed by atoms with Crippen LogP contribution in [0.3, 0.4) is 0 Å². The Morgan fingerprint density at radius 2 is 1.62 bits per heavy atom. The fourth-order valence-corrected chi connectivity index (χ4v) is 12.7. The number of carbonyl (C=O) groups is 6. The van der Waals surface area contributed by atoms with Crippen molar-refractivity contribution >= 4 is 35.8 Å². The van der Waals surface area contributed by atoms with Crippen LogP contribution in [0.5, 0.6) is 0 Å². The number of rotatable bonds is 10. The van der Waals surface area contributed by atoms with Crippen LogP contribution in [0.4, 0.5) is 0 Å². The first-order valence-electron chi connectivity index (χ1n) is 19.2. The van der Waals surface area contributed by atoms with Crippen molar-refractivity contribution < 1.29 is 91.5 Å². The largest absolute Gasteiger partial charge is 0.481 e. The van der Waals surface area contributed by atoms with Crippen LogP contribution >= 0.6 is 0 Å². The summed E-state index contributed by atoms with van der Waals surface area (Å²) < 4.78 is 61.0. The van der Waals surface area contributed by atoms with E-state index in [9.17, 15) is 44.1 Å². The van der Waals surface area contributed by atoms with Crippen molar-refractivity contribution in [3.8, 4) is 0 Å². The van der Waals surface area contributed by atoms with E-state index in [0.29, 0.717) is 0 Å². The molecule has 3 aliphatic carbocycles. The molecule has 8 aliphatic rings. The summed E-state index contributed by atoms with van der Waals surface area (Å²) in [7, 11) is 2.13. The predicted molar refractivity (Wildman–Crippen MR) is 185 cm³/mol. The number of carboxylic acid groups (broad SMARTS) is 1. The summed E-state index contributed by atoms with van der Waals surface area (Å²) in [6.07, 6.45) is -5.32. The maximum absolute atomic E-state index is 14.5. The van der Waals surface area contributed by atoms with E-state index in [0.717, 1.165) is 21.1 Å². The Labute approximate surface area is 332 Å². The molecule has 3 saturated carbocycles. The molecule has 58 heavy (non-hydrogen) atoms. The van der Waals surface area contributed by atoms with E-state index in [-0.39, 0.29) is 18.4 Å². The summed E-state index contributed by atoms with van der Waals surface area (Å²) in [5, 5.41) is 34.5. The Hall–Kier alpha value is -4.14. The van der Waals surface area contributed by atoms with Gasteiger partial charge in [-0.2, -0.15) is 0 Å². The third kappa shape index (κ3) is 4.70. The second-order valence-corrected chi connectivity index (χ2v) is 17.1. The minimum Gasteiger partial charge on any atom is -0.481 e. The summed E-state index contributed by atoms with van der Waals surface area (Å²) >= 11 is 0.